The van der Waals surface area contributed by atoms with E-state index < -0.39 is 6.04 Å². The Balaban J connectivity index is 0.00000132. The number of aromatic amines is 1. The van der Waals surface area contributed by atoms with Gasteiger partial charge >= 0.3 is 0 Å². The molecule has 3 N–H and O–H groups in total. The molecule has 1 aromatic carbocycles. The molecule has 0 unspecified atom stereocenters. The number of piperazine rings is 1. The van der Waals surface area contributed by atoms with Gasteiger partial charge in [0.15, 0.2) is 0 Å². The van der Waals surface area contributed by atoms with E-state index in [1.165, 1.54) is 0 Å². The molecule has 2 heterocycles. The Hall–Kier alpha value is -1.27. The molecule has 3 rings (SSSR count). The Kier molecular flexibility index (Phi) is 7.35. The van der Waals surface area contributed by atoms with Crippen molar-refractivity contribution in [2.24, 2.45) is 5.73 Å². The monoisotopic (exact) mass is 358 g/mol. The molecule has 0 saturated carbocycles. The Labute approximate surface area is 149 Å². The molecule has 0 bridgehead atoms. The van der Waals surface area contributed by atoms with Gasteiger partial charge in [0, 0.05) is 43.3 Å². The summed E-state index contributed by atoms with van der Waals surface area (Å²) >= 11 is 0. The van der Waals surface area contributed by atoms with Crippen LogP contribution in [0.4, 0.5) is 0 Å². The van der Waals surface area contributed by atoms with Crippen LogP contribution in [-0.4, -0.2) is 60.0 Å². The van der Waals surface area contributed by atoms with Gasteiger partial charge in [-0.2, -0.15) is 0 Å². The average molecular weight is 359 g/mol. The molecule has 7 heteroatoms. The fourth-order valence-electron chi connectivity index (χ4n) is 2.89. The summed E-state index contributed by atoms with van der Waals surface area (Å²) in [5, 5.41) is 1.15. The van der Waals surface area contributed by atoms with Gasteiger partial charge in [0.1, 0.15) is 0 Å². The van der Waals surface area contributed by atoms with Crippen molar-refractivity contribution < 1.29 is 4.79 Å². The SMILES string of the molecule is CN1CCN(C(=O)[C@@H](N)Cc2c[nH]c3ccccc23)CC1.Cl.Cl. The van der Waals surface area contributed by atoms with Crippen LogP contribution in [0.2, 0.25) is 0 Å². The third-order valence-corrected chi connectivity index (χ3v) is 4.25. The molecule has 1 fully saturated rings. The zero-order valence-corrected chi connectivity index (χ0v) is 14.8. The van der Waals surface area contributed by atoms with E-state index in [1.54, 1.807) is 0 Å². The van der Waals surface area contributed by atoms with Gasteiger partial charge in [-0.25, -0.2) is 0 Å². The smallest absolute Gasteiger partial charge is 0.239 e. The molecular weight excluding hydrogens is 335 g/mol. The molecule has 23 heavy (non-hydrogen) atoms. The fraction of sp³-hybridized carbons (Fsp3) is 0.438. The normalized spacial score (nSPS) is 16.5. The van der Waals surface area contributed by atoms with Crippen molar-refractivity contribution in [3.8, 4) is 0 Å². The van der Waals surface area contributed by atoms with Crippen LogP contribution in [0.25, 0.3) is 10.9 Å². The lowest BCUT2D eigenvalue weighted by Gasteiger charge is -2.33. The number of carbonyl (C=O) groups is 1. The number of nitrogens with zero attached hydrogens (tertiary/aromatic N) is 2. The number of nitrogens with two attached hydrogens (primary N) is 1. The lowest BCUT2D eigenvalue weighted by Crippen LogP contribution is -2.52. The minimum atomic E-state index is -0.465. The number of fused-ring (bicyclic) bond motifs is 1. The Morgan fingerprint density at radius 3 is 2.57 bits per heavy atom. The number of nitrogens with one attached hydrogen (secondary N) is 1. The molecule has 1 aliphatic rings. The van der Waals surface area contributed by atoms with Crippen molar-refractivity contribution in [2.45, 2.75) is 12.5 Å². The molecule has 2 aromatic rings. The number of aromatic nitrogens is 1. The second kappa shape index (κ2) is 8.55. The largest absolute Gasteiger partial charge is 0.361 e. The Morgan fingerprint density at radius 2 is 1.87 bits per heavy atom. The second-order valence-corrected chi connectivity index (χ2v) is 5.80. The van der Waals surface area contributed by atoms with Gasteiger partial charge in [0.25, 0.3) is 0 Å². The molecule has 5 nitrogen and oxygen atoms in total. The summed E-state index contributed by atoms with van der Waals surface area (Å²) in [6, 6.07) is 7.64. The van der Waals surface area contributed by atoms with Gasteiger partial charge in [-0.05, 0) is 25.1 Å². The lowest BCUT2D eigenvalue weighted by molar-refractivity contribution is -0.134. The number of likely N-dealkylation sites (N-methyl/N-ethyl adjacent to an activating group) is 1. The van der Waals surface area contributed by atoms with Crippen LogP contribution < -0.4 is 5.73 Å². The average Bonchev–Trinajstić information content (AvgIpc) is 2.91. The molecule has 128 valence electrons. The van der Waals surface area contributed by atoms with Crippen LogP contribution in [0, 0.1) is 0 Å². The lowest BCUT2D eigenvalue weighted by atomic mass is 10.0. The van der Waals surface area contributed by atoms with E-state index in [0.717, 1.165) is 42.6 Å². The van der Waals surface area contributed by atoms with Crippen molar-refractivity contribution in [2.75, 3.05) is 33.2 Å². The fourth-order valence-corrected chi connectivity index (χ4v) is 2.89. The van der Waals surface area contributed by atoms with Gasteiger partial charge in [0.05, 0.1) is 6.04 Å². The van der Waals surface area contributed by atoms with E-state index in [9.17, 15) is 4.79 Å². The summed E-state index contributed by atoms with van der Waals surface area (Å²) in [5.41, 5.74) is 8.35. The van der Waals surface area contributed by atoms with Gasteiger partial charge in [-0.15, -0.1) is 24.8 Å². The van der Waals surface area contributed by atoms with Crippen molar-refractivity contribution in [3.63, 3.8) is 0 Å². The molecule has 1 aliphatic heterocycles. The zero-order chi connectivity index (χ0) is 14.8. The maximum absolute atomic E-state index is 12.4. The first-order valence-electron chi connectivity index (χ1n) is 7.43. The number of carbonyl (C=O) groups excluding carboxylic acids is 1. The summed E-state index contributed by atoms with van der Waals surface area (Å²) in [6.45, 7) is 3.39. The number of halogens is 2. The quantitative estimate of drug-likeness (QED) is 0.876. The first kappa shape index (κ1) is 19.8. The highest BCUT2D eigenvalue weighted by Crippen LogP contribution is 2.19. The van der Waals surface area contributed by atoms with Crippen LogP contribution in [0.15, 0.2) is 30.5 Å². The van der Waals surface area contributed by atoms with Crippen LogP contribution in [-0.2, 0) is 11.2 Å². The molecule has 1 aromatic heterocycles. The Morgan fingerprint density at radius 1 is 1.22 bits per heavy atom. The third kappa shape index (κ3) is 4.38. The zero-order valence-electron chi connectivity index (χ0n) is 13.2. The molecule has 0 spiro atoms. The molecule has 1 amide bonds. The maximum atomic E-state index is 12.4. The van der Waals surface area contributed by atoms with Crippen molar-refractivity contribution >= 4 is 41.6 Å². The Bertz CT molecular complexity index is 638. The highest BCUT2D eigenvalue weighted by molar-refractivity contribution is 5.86. The number of rotatable bonds is 3. The highest BCUT2D eigenvalue weighted by atomic mass is 35.5. The van der Waals surface area contributed by atoms with E-state index in [1.807, 2.05) is 29.3 Å². The molecule has 1 atom stereocenters. The van der Waals surface area contributed by atoms with E-state index in [0.29, 0.717) is 6.42 Å². The summed E-state index contributed by atoms with van der Waals surface area (Å²) in [5.74, 6) is 0.0633. The highest BCUT2D eigenvalue weighted by Gasteiger charge is 2.24. The second-order valence-electron chi connectivity index (χ2n) is 5.80. The van der Waals surface area contributed by atoms with Gasteiger partial charge in [0.2, 0.25) is 5.91 Å². The predicted octanol–water partition coefficient (Wildman–Crippen LogP) is 1.66. The summed E-state index contributed by atoms with van der Waals surface area (Å²) < 4.78 is 0. The summed E-state index contributed by atoms with van der Waals surface area (Å²) in [4.78, 5) is 19.8. The van der Waals surface area contributed by atoms with Crippen LogP contribution in [0.5, 0.6) is 0 Å². The first-order valence-corrected chi connectivity index (χ1v) is 7.43. The molecule has 0 aliphatic carbocycles. The van der Waals surface area contributed by atoms with Crippen LogP contribution in [0.1, 0.15) is 5.56 Å². The number of para-hydroxylation sites is 1. The standard InChI is InChI=1S/C16H22N4O.2ClH/c1-19-6-8-20(9-7-19)16(21)14(17)10-12-11-18-15-5-3-2-4-13(12)15;;/h2-5,11,14,18H,6-10,17H2,1H3;2*1H/t14-;;/m0../s1. The first-order chi connectivity index (χ1) is 10.1. The van der Waals surface area contributed by atoms with Crippen molar-refractivity contribution in [1.82, 2.24) is 14.8 Å². The topological polar surface area (TPSA) is 65.4 Å². The molecule has 0 radical (unpaired) electrons. The van der Waals surface area contributed by atoms with Gasteiger partial charge in [-0.1, -0.05) is 18.2 Å². The minimum absolute atomic E-state index is 0. The number of amides is 1. The number of H-pyrrole nitrogens is 1. The minimum Gasteiger partial charge on any atom is -0.361 e. The van der Waals surface area contributed by atoms with E-state index in [4.69, 9.17) is 5.73 Å². The van der Waals surface area contributed by atoms with Gasteiger partial charge < -0.3 is 20.5 Å². The number of hydrogen-bond acceptors (Lipinski definition) is 3. The molecule has 1 saturated heterocycles. The summed E-state index contributed by atoms with van der Waals surface area (Å²) in [6.07, 6.45) is 2.54. The number of benzene rings is 1. The number of hydrogen-bond donors (Lipinski definition) is 2. The third-order valence-electron chi connectivity index (χ3n) is 4.25. The predicted molar refractivity (Wildman–Crippen MR) is 98.6 cm³/mol. The summed E-state index contributed by atoms with van der Waals surface area (Å²) in [7, 11) is 2.08. The van der Waals surface area contributed by atoms with E-state index in [-0.39, 0.29) is 30.7 Å². The van der Waals surface area contributed by atoms with Crippen LogP contribution in [0.3, 0.4) is 0 Å². The van der Waals surface area contributed by atoms with Crippen molar-refractivity contribution in [1.29, 1.82) is 0 Å². The molecular formula is C16H24Cl2N4O. The van der Waals surface area contributed by atoms with Crippen LogP contribution >= 0.6 is 24.8 Å². The van der Waals surface area contributed by atoms with E-state index >= 15 is 0 Å². The van der Waals surface area contributed by atoms with E-state index in [2.05, 4.69) is 23.0 Å². The maximum Gasteiger partial charge on any atom is 0.239 e. The van der Waals surface area contributed by atoms with Crippen molar-refractivity contribution in [3.05, 3.63) is 36.0 Å². The van der Waals surface area contributed by atoms with Gasteiger partial charge in [-0.3, -0.25) is 4.79 Å².